The fraction of sp³-hybridized carbons (Fsp3) is 0.429. The fourth-order valence-electron chi connectivity index (χ4n) is 5.43. The number of hydrogen-bond acceptors (Lipinski definition) is 8. The molecule has 2 fully saturated rings. The molecule has 214 valence electrons. The lowest BCUT2D eigenvalue weighted by Crippen LogP contribution is -2.60. The molecule has 12 heteroatoms. The van der Waals surface area contributed by atoms with Crippen molar-refractivity contribution in [3.05, 3.63) is 46.8 Å². The third kappa shape index (κ3) is 6.33. The molecule has 0 radical (unpaired) electrons. The number of piperidine rings is 2. The SMILES string of the molecule is COc1cc(S(C)(=O)=O)ccc1NCC#Cc1sc2c(NC3C4CNCC3CNC4)cccc2c1CC(F)(F)F. The van der Waals surface area contributed by atoms with E-state index in [1.165, 1.54) is 30.6 Å². The molecule has 3 heterocycles. The lowest BCUT2D eigenvalue weighted by Gasteiger charge is -2.44. The zero-order valence-corrected chi connectivity index (χ0v) is 23.7. The molecule has 4 N–H and O–H groups in total. The van der Waals surface area contributed by atoms with Gasteiger partial charge in [0.05, 0.1) is 45.9 Å². The molecular weight excluding hydrogens is 561 g/mol. The highest BCUT2D eigenvalue weighted by Gasteiger charge is 2.37. The second kappa shape index (κ2) is 11.5. The van der Waals surface area contributed by atoms with E-state index in [4.69, 9.17) is 4.74 Å². The summed E-state index contributed by atoms with van der Waals surface area (Å²) in [5, 5.41) is 14.3. The Morgan fingerprint density at radius 3 is 2.40 bits per heavy atom. The zero-order chi connectivity index (χ0) is 28.5. The first-order chi connectivity index (χ1) is 19.0. The summed E-state index contributed by atoms with van der Waals surface area (Å²) in [6, 6.07) is 10.2. The van der Waals surface area contributed by atoms with Crippen molar-refractivity contribution >= 4 is 42.6 Å². The average molecular weight is 593 g/mol. The van der Waals surface area contributed by atoms with Gasteiger partial charge in [0.1, 0.15) is 5.75 Å². The Labute approximate surface area is 235 Å². The van der Waals surface area contributed by atoms with E-state index >= 15 is 0 Å². The quantitative estimate of drug-likeness (QED) is 0.307. The van der Waals surface area contributed by atoms with Crippen molar-refractivity contribution in [1.82, 2.24) is 10.6 Å². The van der Waals surface area contributed by atoms with Crippen LogP contribution >= 0.6 is 11.3 Å². The van der Waals surface area contributed by atoms with Crippen molar-refractivity contribution in [1.29, 1.82) is 0 Å². The maximum absolute atomic E-state index is 13.6. The molecule has 0 spiro atoms. The van der Waals surface area contributed by atoms with Crippen LogP contribution < -0.4 is 26.0 Å². The van der Waals surface area contributed by atoms with Gasteiger partial charge in [-0.1, -0.05) is 24.0 Å². The predicted molar refractivity (Wildman–Crippen MR) is 153 cm³/mol. The van der Waals surface area contributed by atoms with E-state index in [1.54, 1.807) is 18.2 Å². The highest BCUT2D eigenvalue weighted by molar-refractivity contribution is 7.90. The van der Waals surface area contributed by atoms with Crippen molar-refractivity contribution in [2.75, 3.05) is 56.7 Å². The van der Waals surface area contributed by atoms with Crippen LogP contribution in [0.2, 0.25) is 0 Å². The third-order valence-electron chi connectivity index (χ3n) is 7.33. The standard InChI is InChI=1S/C28H31F3N4O3S2/c1-38-24-11-19(40(2,36)37)8-9-22(24)34-10-4-7-25-21(12-28(29,30)31)20-5-3-6-23(27(20)39-25)35-26-17-13-32-15-18(26)16-33-14-17/h3,5-6,8-9,11,17-18,26,32-35H,10,12-16H2,1-2H3. The van der Waals surface area contributed by atoms with Gasteiger partial charge in [-0.2, -0.15) is 13.2 Å². The van der Waals surface area contributed by atoms with Gasteiger partial charge < -0.3 is 26.0 Å². The number of thiophene rings is 1. The average Bonchev–Trinajstić information content (AvgIpc) is 3.22. The summed E-state index contributed by atoms with van der Waals surface area (Å²) < 4.78 is 70.6. The molecule has 3 aromatic rings. The topological polar surface area (TPSA) is 91.5 Å². The first-order valence-electron chi connectivity index (χ1n) is 12.9. The van der Waals surface area contributed by atoms with Gasteiger partial charge in [-0.3, -0.25) is 0 Å². The smallest absolute Gasteiger partial charge is 0.393 e. The number of halogens is 3. The number of benzene rings is 2. The van der Waals surface area contributed by atoms with E-state index < -0.39 is 22.4 Å². The molecule has 0 amide bonds. The van der Waals surface area contributed by atoms with E-state index in [0.29, 0.717) is 33.5 Å². The molecule has 7 nitrogen and oxygen atoms in total. The lowest BCUT2D eigenvalue weighted by molar-refractivity contribution is -0.126. The summed E-state index contributed by atoms with van der Waals surface area (Å²) >= 11 is 1.28. The molecular formula is C28H31F3N4O3S2. The van der Waals surface area contributed by atoms with Crippen molar-refractivity contribution in [3.8, 4) is 17.6 Å². The first-order valence-corrected chi connectivity index (χ1v) is 15.6. The van der Waals surface area contributed by atoms with Gasteiger partial charge in [-0.25, -0.2) is 8.42 Å². The van der Waals surface area contributed by atoms with E-state index in [2.05, 4.69) is 33.1 Å². The number of ether oxygens (including phenoxy) is 1. The van der Waals surface area contributed by atoms with Crippen LogP contribution in [-0.2, 0) is 16.3 Å². The number of rotatable bonds is 7. The monoisotopic (exact) mass is 592 g/mol. The van der Waals surface area contributed by atoms with E-state index in [0.717, 1.165) is 42.8 Å². The van der Waals surface area contributed by atoms with Gasteiger partial charge in [0.25, 0.3) is 0 Å². The molecule has 1 aromatic heterocycles. The molecule has 40 heavy (non-hydrogen) atoms. The summed E-state index contributed by atoms with van der Waals surface area (Å²) in [6.45, 7) is 3.71. The molecule has 0 unspecified atom stereocenters. The van der Waals surface area contributed by atoms with Crippen LogP contribution in [0.4, 0.5) is 24.5 Å². The fourth-order valence-corrected chi connectivity index (χ4v) is 7.24. The first kappa shape index (κ1) is 28.5. The second-order valence-electron chi connectivity index (χ2n) is 10.2. The zero-order valence-electron chi connectivity index (χ0n) is 22.1. The van der Waals surface area contributed by atoms with E-state index in [9.17, 15) is 21.6 Å². The van der Waals surface area contributed by atoms with Gasteiger partial charge in [-0.05, 0) is 29.1 Å². The number of fused-ring (bicyclic) bond motifs is 3. The summed E-state index contributed by atoms with van der Waals surface area (Å²) in [7, 11) is -1.97. The predicted octanol–water partition coefficient (Wildman–Crippen LogP) is 4.10. The van der Waals surface area contributed by atoms with E-state index in [1.807, 2.05) is 6.07 Å². The number of sulfone groups is 1. The molecule has 2 aliphatic heterocycles. The minimum absolute atomic E-state index is 0.122. The van der Waals surface area contributed by atoms with Crippen molar-refractivity contribution in [2.45, 2.75) is 23.5 Å². The highest BCUT2D eigenvalue weighted by atomic mass is 32.2. The Bertz CT molecular complexity index is 1540. The Morgan fingerprint density at radius 2 is 1.77 bits per heavy atom. The number of alkyl halides is 3. The minimum atomic E-state index is -4.38. The Morgan fingerprint density at radius 1 is 1.07 bits per heavy atom. The minimum Gasteiger partial charge on any atom is -0.495 e. The van der Waals surface area contributed by atoms with Crippen LogP contribution in [0.15, 0.2) is 41.3 Å². The summed E-state index contributed by atoms with van der Waals surface area (Å²) in [4.78, 5) is 0.506. The lowest BCUT2D eigenvalue weighted by atomic mass is 9.81. The Balaban J connectivity index is 1.42. The molecule has 2 aromatic carbocycles. The summed E-state index contributed by atoms with van der Waals surface area (Å²) in [5.41, 5.74) is 1.56. The van der Waals surface area contributed by atoms with Crippen LogP contribution in [-0.4, -0.2) is 66.7 Å². The number of hydrogen-bond donors (Lipinski definition) is 4. The largest absolute Gasteiger partial charge is 0.495 e. The highest BCUT2D eigenvalue weighted by Crippen LogP contribution is 2.40. The van der Waals surface area contributed by atoms with Gasteiger partial charge >= 0.3 is 6.18 Å². The van der Waals surface area contributed by atoms with Crippen LogP contribution in [0.25, 0.3) is 10.1 Å². The van der Waals surface area contributed by atoms with Crippen molar-refractivity contribution in [3.63, 3.8) is 0 Å². The Hall–Kier alpha value is -2.98. The van der Waals surface area contributed by atoms with Gasteiger partial charge in [0, 0.05) is 56.4 Å². The molecule has 0 aliphatic carbocycles. The molecule has 2 saturated heterocycles. The maximum Gasteiger partial charge on any atom is 0.393 e. The normalized spacial score (nSPS) is 21.0. The summed E-state index contributed by atoms with van der Waals surface area (Å²) in [6.07, 6.45) is -4.32. The van der Waals surface area contributed by atoms with Crippen LogP contribution in [0.3, 0.4) is 0 Å². The van der Waals surface area contributed by atoms with E-state index in [-0.39, 0.29) is 23.0 Å². The molecule has 2 bridgehead atoms. The van der Waals surface area contributed by atoms with Gasteiger partial charge in [-0.15, -0.1) is 11.3 Å². The van der Waals surface area contributed by atoms with Crippen molar-refractivity contribution in [2.24, 2.45) is 11.8 Å². The van der Waals surface area contributed by atoms with Crippen LogP contribution in [0.1, 0.15) is 10.4 Å². The molecule has 2 aliphatic rings. The third-order valence-corrected chi connectivity index (χ3v) is 9.64. The molecule has 0 saturated carbocycles. The van der Waals surface area contributed by atoms with Crippen LogP contribution in [0, 0.1) is 23.7 Å². The summed E-state index contributed by atoms with van der Waals surface area (Å²) in [5.74, 6) is 7.02. The van der Waals surface area contributed by atoms with Crippen LogP contribution in [0.5, 0.6) is 5.75 Å². The number of methoxy groups -OCH3 is 1. The Kier molecular flexibility index (Phi) is 8.20. The number of anilines is 2. The molecule has 5 rings (SSSR count). The molecule has 0 atom stereocenters. The van der Waals surface area contributed by atoms with Gasteiger partial charge in [0.2, 0.25) is 0 Å². The van der Waals surface area contributed by atoms with Gasteiger partial charge in [0.15, 0.2) is 9.84 Å². The number of nitrogens with one attached hydrogen (secondary N) is 4. The maximum atomic E-state index is 13.6. The second-order valence-corrected chi connectivity index (χ2v) is 13.2. The van der Waals surface area contributed by atoms with Crippen molar-refractivity contribution < 1.29 is 26.3 Å².